The van der Waals surface area contributed by atoms with Gasteiger partial charge in [0, 0.05) is 18.2 Å². The molecule has 0 saturated heterocycles. The van der Waals surface area contributed by atoms with Crippen LogP contribution in [-0.2, 0) is 0 Å². The molecule has 0 unspecified atom stereocenters. The van der Waals surface area contributed by atoms with Crippen molar-refractivity contribution in [2.45, 2.75) is 25.8 Å². The van der Waals surface area contributed by atoms with Gasteiger partial charge in [-0.25, -0.2) is 15.0 Å². The molecular weight excluding hydrogens is 362 g/mol. The number of hydrogen-bond donors (Lipinski definition) is 1. The standard InChI is InChI=1S/C19H17N5O2S/c1-10-7-24(19(25)17-11(2)22-9-26-17)16(15-14(10)20-8-21-15)18-23-12-5-3-4-6-13(12)27-18/h3-6,8-10,16H,7H2,1-2H3,(H,20,21)/t10-,16+/m1/s1. The van der Waals surface area contributed by atoms with Crippen LogP contribution in [0, 0.1) is 6.92 Å². The second-order valence-electron chi connectivity index (χ2n) is 6.75. The number of amides is 1. The summed E-state index contributed by atoms with van der Waals surface area (Å²) < 4.78 is 6.47. The van der Waals surface area contributed by atoms with Crippen molar-refractivity contribution in [2.24, 2.45) is 0 Å². The molecule has 1 amide bonds. The van der Waals surface area contributed by atoms with Crippen molar-refractivity contribution >= 4 is 27.5 Å². The lowest BCUT2D eigenvalue weighted by molar-refractivity contribution is 0.0639. The van der Waals surface area contributed by atoms with E-state index in [1.807, 2.05) is 24.3 Å². The lowest BCUT2D eigenvalue weighted by Crippen LogP contribution is -2.42. The van der Waals surface area contributed by atoms with Crippen molar-refractivity contribution in [1.29, 1.82) is 0 Å². The number of hydrogen-bond acceptors (Lipinski definition) is 6. The van der Waals surface area contributed by atoms with Gasteiger partial charge in [0.05, 0.1) is 27.9 Å². The summed E-state index contributed by atoms with van der Waals surface area (Å²) in [6.45, 7) is 4.41. The molecule has 1 aromatic carbocycles. The van der Waals surface area contributed by atoms with E-state index in [1.165, 1.54) is 6.39 Å². The van der Waals surface area contributed by atoms with E-state index in [0.717, 1.165) is 26.6 Å². The zero-order chi connectivity index (χ0) is 18.5. The summed E-state index contributed by atoms with van der Waals surface area (Å²) >= 11 is 1.59. The van der Waals surface area contributed by atoms with E-state index in [9.17, 15) is 4.79 Å². The number of carbonyl (C=O) groups is 1. The van der Waals surface area contributed by atoms with Crippen molar-refractivity contribution < 1.29 is 9.21 Å². The molecule has 7 nitrogen and oxygen atoms in total. The average molecular weight is 379 g/mol. The predicted octanol–water partition coefficient (Wildman–Crippen LogP) is 3.66. The monoisotopic (exact) mass is 379 g/mol. The summed E-state index contributed by atoms with van der Waals surface area (Å²) in [4.78, 5) is 31.7. The molecule has 2 atom stereocenters. The lowest BCUT2D eigenvalue weighted by atomic mass is 9.94. The molecule has 5 rings (SSSR count). The second-order valence-corrected chi connectivity index (χ2v) is 7.81. The van der Waals surface area contributed by atoms with Crippen molar-refractivity contribution in [3.63, 3.8) is 0 Å². The number of H-pyrrole nitrogens is 1. The van der Waals surface area contributed by atoms with Gasteiger partial charge in [-0.05, 0) is 19.1 Å². The highest BCUT2D eigenvalue weighted by Crippen LogP contribution is 2.41. The van der Waals surface area contributed by atoms with Crippen LogP contribution in [0.5, 0.6) is 0 Å². The third-order valence-electron chi connectivity index (χ3n) is 4.98. The minimum absolute atomic E-state index is 0.139. The van der Waals surface area contributed by atoms with Crippen LogP contribution in [0.15, 0.2) is 41.4 Å². The van der Waals surface area contributed by atoms with Crippen LogP contribution in [0.1, 0.15) is 51.5 Å². The Morgan fingerprint density at radius 2 is 2.19 bits per heavy atom. The van der Waals surface area contributed by atoms with Gasteiger partial charge in [0.25, 0.3) is 5.91 Å². The Bertz CT molecular complexity index is 1110. The Hall–Kier alpha value is -3.00. The van der Waals surface area contributed by atoms with E-state index < -0.39 is 0 Å². The van der Waals surface area contributed by atoms with Gasteiger partial charge >= 0.3 is 0 Å². The fourth-order valence-corrected chi connectivity index (χ4v) is 4.75. The van der Waals surface area contributed by atoms with E-state index in [-0.39, 0.29) is 23.6 Å². The minimum atomic E-state index is -0.350. The highest BCUT2D eigenvalue weighted by atomic mass is 32.1. The van der Waals surface area contributed by atoms with E-state index >= 15 is 0 Å². The smallest absolute Gasteiger partial charge is 0.292 e. The average Bonchev–Trinajstić information content (AvgIpc) is 3.39. The molecule has 27 heavy (non-hydrogen) atoms. The summed E-state index contributed by atoms with van der Waals surface area (Å²) in [7, 11) is 0. The van der Waals surface area contributed by atoms with E-state index in [2.05, 4.69) is 21.9 Å². The maximum Gasteiger partial charge on any atom is 0.292 e. The number of rotatable bonds is 2. The third kappa shape index (κ3) is 2.48. The first-order valence-electron chi connectivity index (χ1n) is 8.73. The lowest BCUT2D eigenvalue weighted by Gasteiger charge is -2.36. The fourth-order valence-electron chi connectivity index (χ4n) is 3.66. The van der Waals surface area contributed by atoms with Gasteiger partial charge in [-0.2, -0.15) is 0 Å². The van der Waals surface area contributed by atoms with Crippen LogP contribution in [0.4, 0.5) is 0 Å². The predicted molar refractivity (Wildman–Crippen MR) is 101 cm³/mol. The van der Waals surface area contributed by atoms with Crippen molar-refractivity contribution in [1.82, 2.24) is 24.8 Å². The number of nitrogens with one attached hydrogen (secondary N) is 1. The number of thiazole rings is 1. The van der Waals surface area contributed by atoms with Gasteiger partial charge in [-0.3, -0.25) is 4.79 Å². The van der Waals surface area contributed by atoms with Gasteiger partial charge in [0.2, 0.25) is 5.76 Å². The maximum absolute atomic E-state index is 13.3. The molecule has 0 radical (unpaired) electrons. The number of aromatic amines is 1. The molecule has 3 aromatic heterocycles. The SMILES string of the molecule is Cc1ncoc1C(=O)N1C[C@@H](C)c2[nH]cnc2[C@H]1c1nc2ccccc2s1. The number of carbonyl (C=O) groups excluding carboxylic acids is 1. The number of aryl methyl sites for hydroxylation is 1. The highest BCUT2D eigenvalue weighted by molar-refractivity contribution is 7.18. The van der Waals surface area contributed by atoms with Crippen LogP contribution in [-0.4, -0.2) is 37.3 Å². The maximum atomic E-state index is 13.3. The largest absolute Gasteiger partial charge is 0.438 e. The molecule has 0 saturated carbocycles. The Labute approximate surface area is 159 Å². The molecule has 4 aromatic rings. The molecule has 1 N–H and O–H groups in total. The number of nitrogens with zero attached hydrogens (tertiary/aromatic N) is 4. The number of para-hydroxylation sites is 1. The summed E-state index contributed by atoms with van der Waals surface area (Å²) in [5, 5.41) is 0.849. The van der Waals surface area contributed by atoms with Crippen LogP contribution < -0.4 is 0 Å². The molecule has 1 aliphatic rings. The molecular formula is C19H17N5O2S. The minimum Gasteiger partial charge on any atom is -0.438 e. The zero-order valence-corrected chi connectivity index (χ0v) is 15.7. The Morgan fingerprint density at radius 3 is 2.96 bits per heavy atom. The van der Waals surface area contributed by atoms with Crippen LogP contribution in [0.25, 0.3) is 10.2 Å². The first kappa shape index (κ1) is 16.2. The van der Waals surface area contributed by atoms with E-state index in [0.29, 0.717) is 12.2 Å². The van der Waals surface area contributed by atoms with Crippen molar-refractivity contribution in [3.05, 3.63) is 64.8 Å². The van der Waals surface area contributed by atoms with Gasteiger partial charge in [-0.15, -0.1) is 11.3 Å². The Balaban J connectivity index is 1.67. The number of oxazole rings is 1. The molecule has 0 spiro atoms. The number of aromatic nitrogens is 4. The quantitative estimate of drug-likeness (QED) is 0.574. The van der Waals surface area contributed by atoms with Crippen LogP contribution in [0.3, 0.4) is 0 Å². The first-order valence-corrected chi connectivity index (χ1v) is 9.55. The van der Waals surface area contributed by atoms with Crippen LogP contribution >= 0.6 is 11.3 Å². The van der Waals surface area contributed by atoms with E-state index in [1.54, 1.807) is 29.5 Å². The van der Waals surface area contributed by atoms with Crippen LogP contribution in [0.2, 0.25) is 0 Å². The number of benzene rings is 1. The highest BCUT2D eigenvalue weighted by Gasteiger charge is 2.40. The van der Waals surface area contributed by atoms with Crippen molar-refractivity contribution in [2.75, 3.05) is 6.54 Å². The molecule has 4 heterocycles. The molecule has 0 fully saturated rings. The third-order valence-corrected chi connectivity index (χ3v) is 6.07. The summed E-state index contributed by atoms with van der Waals surface area (Å²) in [6.07, 6.45) is 3.00. The van der Waals surface area contributed by atoms with Gasteiger partial charge in [0.15, 0.2) is 6.39 Å². The number of imidazole rings is 1. The molecule has 136 valence electrons. The summed E-state index contributed by atoms with van der Waals surface area (Å²) in [5.74, 6) is 0.224. The van der Waals surface area contributed by atoms with Crippen molar-refractivity contribution in [3.8, 4) is 0 Å². The summed E-state index contributed by atoms with van der Waals surface area (Å²) in [6, 6.07) is 7.64. The Morgan fingerprint density at radius 1 is 1.33 bits per heavy atom. The molecule has 8 heteroatoms. The zero-order valence-electron chi connectivity index (χ0n) is 14.8. The van der Waals surface area contributed by atoms with Gasteiger partial charge in [-0.1, -0.05) is 19.1 Å². The molecule has 0 bridgehead atoms. The summed E-state index contributed by atoms with van der Waals surface area (Å²) in [5.41, 5.74) is 3.41. The van der Waals surface area contributed by atoms with E-state index in [4.69, 9.17) is 9.40 Å². The second kappa shape index (κ2) is 6.02. The molecule has 0 aliphatic carbocycles. The topological polar surface area (TPSA) is 87.9 Å². The van der Waals surface area contributed by atoms with Gasteiger partial charge in [0.1, 0.15) is 11.0 Å². The molecule has 1 aliphatic heterocycles. The first-order chi connectivity index (χ1) is 13.1. The fraction of sp³-hybridized carbons (Fsp3) is 0.263. The number of fused-ring (bicyclic) bond motifs is 2. The Kier molecular flexibility index (Phi) is 3.61. The normalized spacial score (nSPS) is 19.4. The van der Waals surface area contributed by atoms with Gasteiger partial charge < -0.3 is 14.3 Å².